The van der Waals surface area contributed by atoms with Crippen molar-refractivity contribution in [1.29, 1.82) is 0 Å². The minimum Gasteiger partial charge on any atom is -0.383 e. The lowest BCUT2D eigenvalue weighted by molar-refractivity contribution is 0.159. The van der Waals surface area contributed by atoms with Crippen molar-refractivity contribution < 1.29 is 14.1 Å². The molecule has 5 rings (SSSR count). The first-order chi connectivity index (χ1) is 15.7. The lowest BCUT2D eigenvalue weighted by atomic mass is 10.0. The van der Waals surface area contributed by atoms with Crippen molar-refractivity contribution in [2.45, 2.75) is 31.2 Å². The zero-order chi connectivity index (χ0) is 21.9. The van der Waals surface area contributed by atoms with Crippen LogP contribution in [0.4, 0.5) is 10.6 Å². The number of para-hydroxylation sites is 1. The number of benzene rings is 1. The largest absolute Gasteiger partial charge is 0.383 e. The zero-order valence-electron chi connectivity index (χ0n) is 18.3. The van der Waals surface area contributed by atoms with E-state index in [2.05, 4.69) is 43.6 Å². The highest BCUT2D eigenvalue weighted by atomic mass is 16.5. The van der Waals surface area contributed by atoms with Gasteiger partial charge >= 0.3 is 6.03 Å². The van der Waals surface area contributed by atoms with Gasteiger partial charge in [0.2, 0.25) is 0 Å². The summed E-state index contributed by atoms with van der Waals surface area (Å²) in [4.78, 5) is 15.4. The number of aryl methyl sites for hydroxylation is 1. The number of nitrogens with one attached hydrogen (secondary N) is 2. The fraction of sp³-hybridized carbons (Fsp3) is 0.417. The number of fused-ring (bicyclic) bond motifs is 1. The summed E-state index contributed by atoms with van der Waals surface area (Å²) in [6, 6.07) is 11.8. The molecule has 2 N–H and O–H groups in total. The van der Waals surface area contributed by atoms with E-state index < -0.39 is 0 Å². The number of urea groups is 1. The van der Waals surface area contributed by atoms with Crippen molar-refractivity contribution in [3.8, 4) is 5.69 Å². The van der Waals surface area contributed by atoms with Gasteiger partial charge in [0, 0.05) is 44.7 Å². The van der Waals surface area contributed by atoms with Crippen molar-refractivity contribution in [2.24, 2.45) is 0 Å². The Bertz CT molecular complexity index is 1050. The van der Waals surface area contributed by atoms with Crippen LogP contribution in [-0.4, -0.2) is 60.0 Å². The van der Waals surface area contributed by atoms with E-state index in [0.717, 1.165) is 56.2 Å². The van der Waals surface area contributed by atoms with Gasteiger partial charge in [-0.3, -0.25) is 10.2 Å². The standard InChI is InChI=1S/C24H29N5O3/c1-31-13-12-28-15-20(22-10-11-25-32-22)21(16-28)26-24(30)27-23-19-9-5-6-17(19)14-29(23)18-7-3-2-4-8-18/h2-4,7-8,10-11,14,20-21H,5-6,9,12-13,15-16H2,1H3,(H2,26,27,30)/t20-,21-/m1/s1. The number of hydrogen-bond donors (Lipinski definition) is 2. The first-order valence-corrected chi connectivity index (χ1v) is 11.2. The number of rotatable bonds is 7. The highest BCUT2D eigenvalue weighted by Gasteiger charge is 2.37. The van der Waals surface area contributed by atoms with E-state index in [-0.39, 0.29) is 18.0 Å². The molecule has 2 aliphatic rings. The van der Waals surface area contributed by atoms with Gasteiger partial charge in [-0.05, 0) is 42.5 Å². The fourth-order valence-corrected chi connectivity index (χ4v) is 4.93. The SMILES string of the molecule is COCCN1C[C@@H](NC(=O)Nc2c3c(cn2-c2ccccc2)CCC3)[C@H](c2ccno2)C1. The minimum atomic E-state index is -0.196. The van der Waals surface area contributed by atoms with Crippen LogP contribution in [0.25, 0.3) is 5.69 Å². The quantitative estimate of drug-likeness (QED) is 0.595. The van der Waals surface area contributed by atoms with Crippen LogP contribution >= 0.6 is 0 Å². The molecule has 2 aromatic heterocycles. The molecule has 2 atom stereocenters. The second-order valence-corrected chi connectivity index (χ2v) is 8.52. The van der Waals surface area contributed by atoms with Gasteiger partial charge in [-0.15, -0.1) is 0 Å². The van der Waals surface area contributed by atoms with E-state index in [4.69, 9.17) is 9.26 Å². The lowest BCUT2D eigenvalue weighted by Gasteiger charge is -2.19. The molecule has 0 spiro atoms. The highest BCUT2D eigenvalue weighted by Crippen LogP contribution is 2.33. The summed E-state index contributed by atoms with van der Waals surface area (Å²) in [6.45, 7) is 2.99. The van der Waals surface area contributed by atoms with Crippen molar-refractivity contribution in [3.63, 3.8) is 0 Å². The van der Waals surface area contributed by atoms with Crippen molar-refractivity contribution in [1.82, 2.24) is 19.9 Å². The molecule has 3 aromatic rings. The molecule has 0 saturated carbocycles. The number of ether oxygens (including phenoxy) is 1. The third-order valence-electron chi connectivity index (χ3n) is 6.49. The molecule has 168 valence electrons. The van der Waals surface area contributed by atoms with Gasteiger partial charge < -0.3 is 19.1 Å². The minimum absolute atomic E-state index is 0.0479. The van der Waals surface area contributed by atoms with Crippen LogP contribution in [0.1, 0.15) is 29.2 Å². The molecule has 3 heterocycles. The smallest absolute Gasteiger partial charge is 0.320 e. The molecule has 1 aliphatic carbocycles. The van der Waals surface area contributed by atoms with E-state index in [9.17, 15) is 4.79 Å². The van der Waals surface area contributed by atoms with Crippen LogP contribution in [0.15, 0.2) is 53.3 Å². The third-order valence-corrected chi connectivity index (χ3v) is 6.49. The number of hydrogen-bond acceptors (Lipinski definition) is 5. The van der Waals surface area contributed by atoms with Crippen molar-refractivity contribution in [2.75, 3.05) is 38.7 Å². The number of likely N-dealkylation sites (tertiary alicyclic amines) is 1. The summed E-state index contributed by atoms with van der Waals surface area (Å²) in [5.41, 5.74) is 3.60. The molecule has 1 aromatic carbocycles. The average Bonchev–Trinajstić information content (AvgIpc) is 3.59. The Labute approximate surface area is 187 Å². The monoisotopic (exact) mass is 435 g/mol. The lowest BCUT2D eigenvalue weighted by Crippen LogP contribution is -2.42. The number of methoxy groups -OCH3 is 1. The molecule has 2 amide bonds. The predicted molar refractivity (Wildman–Crippen MR) is 121 cm³/mol. The molecular weight excluding hydrogens is 406 g/mol. The molecule has 0 radical (unpaired) electrons. The summed E-state index contributed by atoms with van der Waals surface area (Å²) in [5, 5.41) is 10.2. The van der Waals surface area contributed by atoms with Gasteiger partial charge in [-0.1, -0.05) is 23.4 Å². The van der Waals surface area contributed by atoms with E-state index in [1.807, 2.05) is 24.3 Å². The van der Waals surface area contributed by atoms with Gasteiger partial charge in [0.1, 0.15) is 11.6 Å². The normalized spacial score (nSPS) is 20.4. The number of amides is 2. The number of carbonyl (C=O) groups is 1. The first-order valence-electron chi connectivity index (χ1n) is 11.2. The molecule has 8 heteroatoms. The molecule has 8 nitrogen and oxygen atoms in total. The maximum Gasteiger partial charge on any atom is 0.320 e. The third kappa shape index (κ3) is 4.16. The van der Waals surface area contributed by atoms with Gasteiger partial charge in [0.05, 0.1) is 24.8 Å². The Morgan fingerprint density at radius 2 is 2.09 bits per heavy atom. The van der Waals surface area contributed by atoms with E-state index >= 15 is 0 Å². The van der Waals surface area contributed by atoms with Crippen LogP contribution < -0.4 is 10.6 Å². The number of nitrogens with zero attached hydrogens (tertiary/aromatic N) is 3. The molecule has 1 aliphatic heterocycles. The number of aromatic nitrogens is 2. The van der Waals surface area contributed by atoms with Crippen LogP contribution in [0.2, 0.25) is 0 Å². The summed E-state index contributed by atoms with van der Waals surface area (Å²) < 4.78 is 12.8. The fourth-order valence-electron chi connectivity index (χ4n) is 4.93. The van der Waals surface area contributed by atoms with Gasteiger partial charge in [0.15, 0.2) is 0 Å². The van der Waals surface area contributed by atoms with Crippen LogP contribution in [0.3, 0.4) is 0 Å². The summed E-state index contributed by atoms with van der Waals surface area (Å²) in [7, 11) is 1.70. The zero-order valence-corrected chi connectivity index (χ0v) is 18.3. The Morgan fingerprint density at radius 1 is 1.22 bits per heavy atom. The van der Waals surface area contributed by atoms with Gasteiger partial charge in [0.25, 0.3) is 0 Å². The molecule has 0 unspecified atom stereocenters. The second-order valence-electron chi connectivity index (χ2n) is 8.52. The van der Waals surface area contributed by atoms with Gasteiger partial charge in [-0.2, -0.15) is 0 Å². The molecule has 1 fully saturated rings. The molecule has 32 heavy (non-hydrogen) atoms. The maximum atomic E-state index is 13.2. The van der Waals surface area contributed by atoms with E-state index in [1.165, 1.54) is 11.1 Å². The van der Waals surface area contributed by atoms with Crippen molar-refractivity contribution >= 4 is 11.8 Å². The van der Waals surface area contributed by atoms with E-state index in [0.29, 0.717) is 6.61 Å². The molecule has 1 saturated heterocycles. The second kappa shape index (κ2) is 9.18. The molecular formula is C24H29N5O3. The highest BCUT2D eigenvalue weighted by molar-refractivity contribution is 5.90. The van der Waals surface area contributed by atoms with E-state index in [1.54, 1.807) is 13.3 Å². The summed E-state index contributed by atoms with van der Waals surface area (Å²) >= 11 is 0. The number of carbonyl (C=O) groups excluding carboxylic acids is 1. The van der Waals surface area contributed by atoms with Crippen LogP contribution in [0.5, 0.6) is 0 Å². The summed E-state index contributed by atoms with van der Waals surface area (Å²) in [5.74, 6) is 1.71. The Balaban J connectivity index is 1.34. The maximum absolute atomic E-state index is 13.2. The Kier molecular flexibility index (Phi) is 5.96. The van der Waals surface area contributed by atoms with Crippen molar-refractivity contribution in [3.05, 3.63) is 65.7 Å². The Morgan fingerprint density at radius 3 is 2.88 bits per heavy atom. The first kappa shape index (κ1) is 20.8. The summed E-state index contributed by atoms with van der Waals surface area (Å²) in [6.07, 6.45) is 6.98. The number of anilines is 1. The van der Waals surface area contributed by atoms with Crippen LogP contribution in [0, 0.1) is 0 Å². The van der Waals surface area contributed by atoms with Gasteiger partial charge in [-0.25, -0.2) is 4.79 Å². The predicted octanol–water partition coefficient (Wildman–Crippen LogP) is 3.19. The van der Waals surface area contributed by atoms with Crippen LogP contribution in [-0.2, 0) is 17.6 Å². The Hall–Kier alpha value is -3.10. The topological polar surface area (TPSA) is 84.6 Å². The molecule has 0 bridgehead atoms. The average molecular weight is 436 g/mol.